The average molecular weight is 171 g/mol. The van der Waals surface area contributed by atoms with Crippen molar-refractivity contribution < 1.29 is 0 Å². The number of rotatable bonds is 5. The van der Waals surface area contributed by atoms with Gasteiger partial charge in [-0.2, -0.15) is 0 Å². The molecule has 0 aromatic rings. The highest BCUT2D eigenvalue weighted by atomic mass is 28.3. The zero-order valence-corrected chi connectivity index (χ0v) is 9.35. The van der Waals surface area contributed by atoms with Crippen LogP contribution in [0.1, 0.15) is 13.8 Å². The first kappa shape index (κ1) is 10.9. The van der Waals surface area contributed by atoms with E-state index in [1.807, 2.05) is 0 Å². The van der Waals surface area contributed by atoms with Crippen LogP contribution in [0, 0.1) is 0 Å². The van der Waals surface area contributed by atoms with Crippen molar-refractivity contribution in [2.24, 2.45) is 0 Å². The summed E-state index contributed by atoms with van der Waals surface area (Å²) >= 11 is 0. The summed E-state index contributed by atoms with van der Waals surface area (Å²) < 4.78 is 2.59. The van der Waals surface area contributed by atoms with Gasteiger partial charge in [-0.15, -0.1) is 6.58 Å². The summed E-state index contributed by atoms with van der Waals surface area (Å²) in [6.45, 7) is 15.5. The van der Waals surface area contributed by atoms with Crippen LogP contribution in [-0.4, -0.2) is 25.9 Å². The highest BCUT2D eigenvalue weighted by Crippen LogP contribution is 2.14. The van der Waals surface area contributed by atoms with Gasteiger partial charge in [0.25, 0.3) is 0 Å². The minimum atomic E-state index is -1.12. The third-order valence-electron chi connectivity index (χ3n) is 2.26. The second kappa shape index (κ2) is 4.73. The predicted molar refractivity (Wildman–Crippen MR) is 55.4 cm³/mol. The van der Waals surface area contributed by atoms with Crippen LogP contribution in [0.2, 0.25) is 19.1 Å². The highest BCUT2D eigenvalue weighted by Gasteiger charge is 2.24. The summed E-state index contributed by atoms with van der Waals surface area (Å²) in [5.41, 5.74) is 0. The van der Waals surface area contributed by atoms with Gasteiger partial charge >= 0.3 is 0 Å². The van der Waals surface area contributed by atoms with Gasteiger partial charge in [0.1, 0.15) is 8.24 Å². The zero-order valence-electron chi connectivity index (χ0n) is 8.35. The molecule has 0 radical (unpaired) electrons. The molecule has 0 bridgehead atoms. The van der Waals surface area contributed by atoms with Gasteiger partial charge in [0.15, 0.2) is 0 Å². The molecule has 0 aromatic carbocycles. The van der Waals surface area contributed by atoms with E-state index in [9.17, 15) is 0 Å². The van der Waals surface area contributed by atoms with Crippen molar-refractivity contribution in [2.45, 2.75) is 33.0 Å². The Labute approximate surface area is 72.2 Å². The van der Waals surface area contributed by atoms with E-state index in [1.54, 1.807) is 0 Å². The van der Waals surface area contributed by atoms with E-state index < -0.39 is 8.24 Å². The molecule has 0 unspecified atom stereocenters. The molecule has 0 saturated heterocycles. The fraction of sp³-hybridized carbons (Fsp3) is 0.778. The maximum Gasteiger partial charge on any atom is 0.125 e. The second-order valence-electron chi connectivity index (χ2n) is 3.48. The predicted octanol–water partition coefficient (Wildman–Crippen LogP) is 2.72. The molecule has 0 aliphatic heterocycles. The summed E-state index contributed by atoms with van der Waals surface area (Å²) in [4.78, 5) is 0. The topological polar surface area (TPSA) is 3.24 Å². The largest absolute Gasteiger partial charge is 0.324 e. The van der Waals surface area contributed by atoms with E-state index in [-0.39, 0.29) is 0 Å². The van der Waals surface area contributed by atoms with Crippen LogP contribution in [0.25, 0.3) is 0 Å². The SMILES string of the molecule is C=CC[Si](C)(C)N(CC)CC. The van der Waals surface area contributed by atoms with E-state index in [0.29, 0.717) is 0 Å². The maximum absolute atomic E-state index is 3.80. The van der Waals surface area contributed by atoms with Gasteiger partial charge in [0, 0.05) is 0 Å². The molecule has 1 nitrogen and oxygen atoms in total. The Balaban J connectivity index is 4.10. The Bertz CT molecular complexity index is 117. The molecule has 0 amide bonds. The molecule has 0 N–H and O–H groups in total. The van der Waals surface area contributed by atoms with Crippen molar-refractivity contribution in [3.8, 4) is 0 Å². The molecule has 0 saturated carbocycles. The lowest BCUT2D eigenvalue weighted by Gasteiger charge is -2.34. The van der Waals surface area contributed by atoms with Crippen molar-refractivity contribution in [1.29, 1.82) is 0 Å². The molecular formula is C9H21NSi. The van der Waals surface area contributed by atoms with Crippen molar-refractivity contribution in [1.82, 2.24) is 4.57 Å². The van der Waals surface area contributed by atoms with Gasteiger partial charge in [-0.3, -0.25) is 0 Å². The summed E-state index contributed by atoms with van der Waals surface area (Å²) in [6.07, 6.45) is 2.06. The fourth-order valence-electron chi connectivity index (χ4n) is 1.56. The minimum absolute atomic E-state index is 1.12. The molecule has 0 aliphatic carbocycles. The Kier molecular flexibility index (Phi) is 4.69. The third kappa shape index (κ3) is 3.21. The van der Waals surface area contributed by atoms with Crippen molar-refractivity contribution in [3.63, 3.8) is 0 Å². The number of allylic oxidation sites excluding steroid dienone is 1. The van der Waals surface area contributed by atoms with E-state index in [2.05, 4.69) is 44.2 Å². The van der Waals surface area contributed by atoms with Crippen LogP contribution in [0.15, 0.2) is 12.7 Å². The number of nitrogens with zero attached hydrogens (tertiary/aromatic N) is 1. The summed E-state index contributed by atoms with van der Waals surface area (Å²) in [5.74, 6) is 0. The molecule has 66 valence electrons. The van der Waals surface area contributed by atoms with Gasteiger partial charge in [0.2, 0.25) is 0 Å². The molecule has 0 rings (SSSR count). The molecule has 11 heavy (non-hydrogen) atoms. The highest BCUT2D eigenvalue weighted by molar-refractivity contribution is 6.75. The Morgan fingerprint density at radius 2 is 1.73 bits per heavy atom. The van der Waals surface area contributed by atoms with E-state index in [4.69, 9.17) is 0 Å². The van der Waals surface area contributed by atoms with Crippen molar-refractivity contribution in [2.75, 3.05) is 13.1 Å². The van der Waals surface area contributed by atoms with Crippen LogP contribution in [-0.2, 0) is 0 Å². The zero-order chi connectivity index (χ0) is 8.91. The van der Waals surface area contributed by atoms with Gasteiger partial charge in [-0.1, -0.05) is 33.0 Å². The molecular weight excluding hydrogens is 150 g/mol. The lowest BCUT2D eigenvalue weighted by molar-refractivity contribution is 0.467. The third-order valence-corrected chi connectivity index (χ3v) is 5.90. The monoisotopic (exact) mass is 171 g/mol. The van der Waals surface area contributed by atoms with E-state index in [1.165, 1.54) is 19.1 Å². The van der Waals surface area contributed by atoms with Gasteiger partial charge in [-0.05, 0) is 19.1 Å². The molecule has 0 spiro atoms. The lowest BCUT2D eigenvalue weighted by Crippen LogP contribution is -2.47. The van der Waals surface area contributed by atoms with Crippen LogP contribution in [0.3, 0.4) is 0 Å². The fourth-order valence-corrected chi connectivity index (χ4v) is 4.24. The lowest BCUT2D eigenvalue weighted by atomic mass is 10.7. The maximum atomic E-state index is 3.80. The smallest absolute Gasteiger partial charge is 0.125 e. The van der Waals surface area contributed by atoms with Crippen molar-refractivity contribution >= 4 is 8.24 Å². The standard InChI is InChI=1S/C9H21NSi/c1-6-9-11(4,5)10(7-2)8-3/h6H,1,7-9H2,2-5H3. The minimum Gasteiger partial charge on any atom is -0.324 e. The van der Waals surface area contributed by atoms with E-state index in [0.717, 1.165) is 0 Å². The quantitative estimate of drug-likeness (QED) is 0.454. The summed E-state index contributed by atoms with van der Waals surface area (Å²) in [5, 5.41) is 0. The molecule has 0 aliphatic rings. The molecule has 0 aromatic heterocycles. The van der Waals surface area contributed by atoms with Crippen LogP contribution >= 0.6 is 0 Å². The second-order valence-corrected chi connectivity index (χ2v) is 8.14. The molecule has 0 fully saturated rings. The average Bonchev–Trinajstić information content (AvgIpc) is 1.89. The van der Waals surface area contributed by atoms with Crippen LogP contribution < -0.4 is 0 Å². The van der Waals surface area contributed by atoms with Crippen LogP contribution in [0.5, 0.6) is 0 Å². The van der Waals surface area contributed by atoms with Gasteiger partial charge in [0.05, 0.1) is 0 Å². The Hall–Kier alpha value is -0.0831. The molecule has 0 heterocycles. The normalized spacial score (nSPS) is 12.1. The van der Waals surface area contributed by atoms with Crippen molar-refractivity contribution in [3.05, 3.63) is 12.7 Å². The summed E-state index contributed by atoms with van der Waals surface area (Å²) in [7, 11) is -1.12. The first-order chi connectivity index (χ1) is 5.08. The van der Waals surface area contributed by atoms with Gasteiger partial charge in [-0.25, -0.2) is 0 Å². The molecule has 2 heteroatoms. The van der Waals surface area contributed by atoms with Gasteiger partial charge < -0.3 is 4.57 Å². The molecule has 0 atom stereocenters. The number of hydrogen-bond acceptors (Lipinski definition) is 1. The summed E-state index contributed by atoms with van der Waals surface area (Å²) in [6, 6.07) is 1.20. The Morgan fingerprint density at radius 3 is 2.00 bits per heavy atom. The number of hydrogen-bond donors (Lipinski definition) is 0. The first-order valence-electron chi connectivity index (χ1n) is 4.44. The van der Waals surface area contributed by atoms with E-state index >= 15 is 0 Å². The Morgan fingerprint density at radius 1 is 1.27 bits per heavy atom. The van der Waals surface area contributed by atoms with Crippen LogP contribution in [0.4, 0.5) is 0 Å². The first-order valence-corrected chi connectivity index (χ1v) is 7.59.